The molecule has 8 heteroatoms. The maximum Gasteiger partial charge on any atom is 0.276 e. The number of amides is 2. The van der Waals surface area contributed by atoms with Crippen molar-refractivity contribution in [3.8, 4) is 11.5 Å². The first-order chi connectivity index (χ1) is 14.8. The molecule has 0 radical (unpaired) electrons. The van der Waals surface area contributed by atoms with E-state index in [1.807, 2.05) is 26.0 Å². The third kappa shape index (κ3) is 8.25. The number of nitrogens with one attached hydrogen (secondary N) is 3. The largest absolute Gasteiger partial charge is 0.494 e. The molecule has 2 rings (SSSR count). The van der Waals surface area contributed by atoms with Crippen LogP contribution in [0.3, 0.4) is 0 Å². The third-order valence-corrected chi connectivity index (χ3v) is 4.74. The highest BCUT2D eigenvalue weighted by Gasteiger charge is 2.10. The fourth-order valence-corrected chi connectivity index (χ4v) is 2.65. The summed E-state index contributed by atoms with van der Waals surface area (Å²) in [7, 11) is 0. The zero-order valence-electron chi connectivity index (χ0n) is 18.3. The Morgan fingerprint density at radius 1 is 1.00 bits per heavy atom. The molecule has 0 aliphatic heterocycles. The molecule has 0 aliphatic carbocycles. The van der Waals surface area contributed by atoms with Gasteiger partial charge in [0, 0.05) is 5.56 Å². The summed E-state index contributed by atoms with van der Waals surface area (Å²) >= 11 is 5.05. The second-order valence-corrected chi connectivity index (χ2v) is 7.91. The van der Waals surface area contributed by atoms with Crippen LogP contribution in [0.1, 0.15) is 41.8 Å². The molecule has 0 bridgehead atoms. The SMILES string of the molecule is Cc1cccc(OCC(=O)NNC(=S)NC(=O)c2ccc(OCCC(C)C)cc2)c1C. The standard InChI is InChI=1S/C23H29N3O4S/c1-15(2)12-13-29-19-10-8-18(9-11-19)22(28)24-23(31)26-25-21(27)14-30-20-7-5-6-16(3)17(20)4/h5-11,15H,12-14H2,1-4H3,(H,25,27)(H2,24,26,28,31). The maximum absolute atomic E-state index is 12.3. The van der Waals surface area contributed by atoms with E-state index in [1.165, 1.54) is 0 Å². The lowest BCUT2D eigenvalue weighted by Crippen LogP contribution is -2.49. The molecule has 7 nitrogen and oxygen atoms in total. The highest BCUT2D eigenvalue weighted by Crippen LogP contribution is 2.20. The van der Waals surface area contributed by atoms with Crippen LogP contribution in [0.25, 0.3) is 0 Å². The van der Waals surface area contributed by atoms with Crippen LogP contribution in [-0.4, -0.2) is 30.1 Å². The van der Waals surface area contributed by atoms with Gasteiger partial charge in [-0.25, -0.2) is 0 Å². The normalized spacial score (nSPS) is 10.4. The molecule has 0 atom stereocenters. The van der Waals surface area contributed by atoms with Gasteiger partial charge in [0.05, 0.1) is 6.61 Å². The van der Waals surface area contributed by atoms with Crippen molar-refractivity contribution >= 4 is 29.1 Å². The molecule has 0 heterocycles. The van der Waals surface area contributed by atoms with Crippen LogP contribution < -0.4 is 25.6 Å². The molecule has 2 aromatic carbocycles. The van der Waals surface area contributed by atoms with Gasteiger partial charge in [-0.2, -0.15) is 0 Å². The van der Waals surface area contributed by atoms with Crippen LogP contribution in [-0.2, 0) is 4.79 Å². The first kappa shape index (κ1) is 24.1. The van der Waals surface area contributed by atoms with Crippen molar-refractivity contribution in [2.45, 2.75) is 34.1 Å². The van der Waals surface area contributed by atoms with Crippen molar-refractivity contribution in [1.82, 2.24) is 16.2 Å². The van der Waals surface area contributed by atoms with E-state index in [9.17, 15) is 9.59 Å². The van der Waals surface area contributed by atoms with Crippen LogP contribution in [0.5, 0.6) is 11.5 Å². The summed E-state index contributed by atoms with van der Waals surface area (Å²) in [6.45, 7) is 8.60. The van der Waals surface area contributed by atoms with Gasteiger partial charge in [-0.05, 0) is 79.9 Å². The number of aryl methyl sites for hydroxylation is 1. The Labute approximate surface area is 188 Å². The predicted molar refractivity (Wildman–Crippen MR) is 124 cm³/mol. The highest BCUT2D eigenvalue weighted by atomic mass is 32.1. The van der Waals surface area contributed by atoms with E-state index < -0.39 is 11.8 Å². The first-order valence-corrected chi connectivity index (χ1v) is 10.5. The molecule has 0 unspecified atom stereocenters. The van der Waals surface area contributed by atoms with E-state index in [2.05, 4.69) is 30.0 Å². The Morgan fingerprint density at radius 3 is 2.39 bits per heavy atom. The molecule has 0 spiro atoms. The summed E-state index contributed by atoms with van der Waals surface area (Å²) in [6, 6.07) is 12.4. The Kier molecular flexibility index (Phi) is 9.27. The summed E-state index contributed by atoms with van der Waals surface area (Å²) in [4.78, 5) is 24.2. The Balaban J connectivity index is 1.73. The summed E-state index contributed by atoms with van der Waals surface area (Å²) in [5.41, 5.74) is 7.36. The molecule has 0 saturated carbocycles. The van der Waals surface area contributed by atoms with Crippen LogP contribution >= 0.6 is 12.2 Å². The molecular weight excluding hydrogens is 414 g/mol. The van der Waals surface area contributed by atoms with Crippen molar-refractivity contribution in [1.29, 1.82) is 0 Å². The quantitative estimate of drug-likeness (QED) is 0.428. The number of hydrogen-bond donors (Lipinski definition) is 3. The number of hydrogen-bond acceptors (Lipinski definition) is 5. The van der Waals surface area contributed by atoms with Crippen molar-refractivity contribution in [3.05, 3.63) is 59.2 Å². The highest BCUT2D eigenvalue weighted by molar-refractivity contribution is 7.80. The minimum absolute atomic E-state index is 0.0256. The lowest BCUT2D eigenvalue weighted by atomic mass is 10.1. The van der Waals surface area contributed by atoms with Crippen LogP contribution in [0.4, 0.5) is 0 Å². The van der Waals surface area contributed by atoms with E-state index in [1.54, 1.807) is 30.3 Å². The lowest BCUT2D eigenvalue weighted by Gasteiger charge is -2.13. The van der Waals surface area contributed by atoms with Gasteiger partial charge < -0.3 is 9.47 Å². The smallest absolute Gasteiger partial charge is 0.276 e. The first-order valence-electron chi connectivity index (χ1n) is 10.1. The summed E-state index contributed by atoms with van der Waals surface area (Å²) in [5.74, 6) is 1.08. The van der Waals surface area contributed by atoms with E-state index in [0.29, 0.717) is 29.6 Å². The number of rotatable bonds is 8. The van der Waals surface area contributed by atoms with Crippen LogP contribution in [0, 0.1) is 19.8 Å². The van der Waals surface area contributed by atoms with Gasteiger partial charge in [-0.3, -0.25) is 25.8 Å². The van der Waals surface area contributed by atoms with Gasteiger partial charge in [0.15, 0.2) is 11.7 Å². The monoisotopic (exact) mass is 443 g/mol. The fraction of sp³-hybridized carbons (Fsp3) is 0.348. The van der Waals surface area contributed by atoms with Crippen molar-refractivity contribution in [2.24, 2.45) is 5.92 Å². The number of thiocarbonyl (C=S) groups is 1. The van der Waals surface area contributed by atoms with E-state index in [-0.39, 0.29) is 11.7 Å². The number of ether oxygens (including phenoxy) is 2. The Hall–Kier alpha value is -3.13. The minimum atomic E-state index is -0.430. The molecule has 2 amide bonds. The van der Waals surface area contributed by atoms with Crippen LogP contribution in [0.2, 0.25) is 0 Å². The van der Waals surface area contributed by atoms with E-state index in [4.69, 9.17) is 21.7 Å². The second-order valence-electron chi connectivity index (χ2n) is 7.50. The Morgan fingerprint density at radius 2 is 1.71 bits per heavy atom. The number of hydrazine groups is 1. The third-order valence-electron chi connectivity index (χ3n) is 4.54. The second kappa shape index (κ2) is 11.9. The van der Waals surface area contributed by atoms with E-state index >= 15 is 0 Å². The van der Waals surface area contributed by atoms with Gasteiger partial charge in [-0.15, -0.1) is 0 Å². The number of carbonyl (C=O) groups excluding carboxylic acids is 2. The Bertz CT molecular complexity index is 914. The molecule has 0 aliphatic rings. The van der Waals surface area contributed by atoms with Gasteiger partial charge >= 0.3 is 0 Å². The molecule has 0 aromatic heterocycles. The molecule has 0 fully saturated rings. The summed E-state index contributed by atoms with van der Waals surface area (Å²) in [6.07, 6.45) is 0.962. The van der Waals surface area contributed by atoms with Crippen molar-refractivity contribution < 1.29 is 19.1 Å². The molecule has 3 N–H and O–H groups in total. The molecule has 2 aromatic rings. The number of benzene rings is 2. The average molecular weight is 444 g/mol. The minimum Gasteiger partial charge on any atom is -0.494 e. The van der Waals surface area contributed by atoms with E-state index in [0.717, 1.165) is 17.5 Å². The molecule has 31 heavy (non-hydrogen) atoms. The lowest BCUT2D eigenvalue weighted by molar-refractivity contribution is -0.123. The zero-order valence-corrected chi connectivity index (χ0v) is 19.1. The van der Waals surface area contributed by atoms with Gasteiger partial charge in [0.25, 0.3) is 11.8 Å². The molecular formula is C23H29N3O4S. The molecule has 0 saturated heterocycles. The van der Waals surface area contributed by atoms with Crippen molar-refractivity contribution in [3.63, 3.8) is 0 Å². The van der Waals surface area contributed by atoms with Gasteiger partial charge in [-0.1, -0.05) is 26.0 Å². The van der Waals surface area contributed by atoms with Crippen LogP contribution in [0.15, 0.2) is 42.5 Å². The summed E-state index contributed by atoms with van der Waals surface area (Å²) < 4.78 is 11.2. The number of carbonyl (C=O) groups is 2. The van der Waals surface area contributed by atoms with Crippen molar-refractivity contribution in [2.75, 3.05) is 13.2 Å². The van der Waals surface area contributed by atoms with Gasteiger partial charge in [0.1, 0.15) is 11.5 Å². The van der Waals surface area contributed by atoms with Gasteiger partial charge in [0.2, 0.25) is 0 Å². The average Bonchev–Trinajstić information content (AvgIpc) is 2.73. The predicted octanol–water partition coefficient (Wildman–Crippen LogP) is 3.44. The molecule has 166 valence electrons. The zero-order chi connectivity index (χ0) is 22.8. The summed E-state index contributed by atoms with van der Waals surface area (Å²) in [5, 5.41) is 2.48. The maximum atomic E-state index is 12.3. The fourth-order valence-electron chi connectivity index (χ4n) is 2.51. The topological polar surface area (TPSA) is 88.7 Å².